The second kappa shape index (κ2) is 5.31. The lowest BCUT2D eigenvalue weighted by Crippen LogP contribution is -2.46. The minimum absolute atomic E-state index is 0.295. The molecule has 2 N–H and O–H groups in total. The summed E-state index contributed by atoms with van der Waals surface area (Å²) in [5, 5.41) is 12.8. The minimum atomic E-state index is 0.295. The van der Waals surface area contributed by atoms with Crippen LogP contribution in [0.25, 0.3) is 0 Å². The zero-order valence-electron chi connectivity index (χ0n) is 10.7. The first-order valence-corrected chi connectivity index (χ1v) is 6.34. The van der Waals surface area contributed by atoms with Gasteiger partial charge in [-0.25, -0.2) is 0 Å². The Hall–Kier alpha value is -0.0800. The van der Waals surface area contributed by atoms with E-state index in [-0.39, 0.29) is 0 Å². The Morgan fingerprint density at radius 2 is 2.07 bits per heavy atom. The molecule has 0 bridgehead atoms. The number of aliphatic hydroxyl groups excluding tert-OH is 1. The van der Waals surface area contributed by atoms with Crippen molar-refractivity contribution in [2.24, 2.45) is 11.3 Å². The van der Waals surface area contributed by atoms with Crippen LogP contribution in [-0.4, -0.2) is 23.8 Å². The molecule has 0 heterocycles. The van der Waals surface area contributed by atoms with Crippen LogP contribution < -0.4 is 5.32 Å². The van der Waals surface area contributed by atoms with Crippen molar-refractivity contribution in [1.82, 2.24) is 5.32 Å². The van der Waals surface area contributed by atoms with E-state index in [1.54, 1.807) is 0 Å². The van der Waals surface area contributed by atoms with Crippen LogP contribution in [-0.2, 0) is 0 Å². The molecule has 0 aromatic heterocycles. The molecule has 15 heavy (non-hydrogen) atoms. The largest absolute Gasteiger partial charge is 0.396 e. The molecule has 1 fully saturated rings. The highest BCUT2D eigenvalue weighted by atomic mass is 16.3. The lowest BCUT2D eigenvalue weighted by atomic mass is 9.86. The third kappa shape index (κ3) is 3.46. The van der Waals surface area contributed by atoms with Gasteiger partial charge in [-0.15, -0.1) is 0 Å². The van der Waals surface area contributed by atoms with E-state index >= 15 is 0 Å². The molecule has 1 aliphatic rings. The van der Waals surface area contributed by atoms with Crippen LogP contribution in [0.1, 0.15) is 53.4 Å². The first-order valence-electron chi connectivity index (χ1n) is 6.34. The van der Waals surface area contributed by atoms with Gasteiger partial charge in [0.1, 0.15) is 0 Å². The zero-order valence-corrected chi connectivity index (χ0v) is 10.7. The maximum absolute atomic E-state index is 9.05. The van der Waals surface area contributed by atoms with Gasteiger partial charge in [-0.2, -0.15) is 0 Å². The zero-order chi connectivity index (χ0) is 11.5. The first kappa shape index (κ1) is 13.0. The van der Waals surface area contributed by atoms with Gasteiger partial charge in [0.15, 0.2) is 0 Å². The highest BCUT2D eigenvalue weighted by Crippen LogP contribution is 2.37. The van der Waals surface area contributed by atoms with E-state index in [4.69, 9.17) is 5.11 Å². The van der Waals surface area contributed by atoms with Gasteiger partial charge in [-0.3, -0.25) is 0 Å². The SMILES string of the molecule is CC(C)C(CCO)NC1CCCC1(C)C. The maximum atomic E-state index is 9.05. The van der Waals surface area contributed by atoms with E-state index in [2.05, 4.69) is 33.0 Å². The minimum Gasteiger partial charge on any atom is -0.396 e. The summed E-state index contributed by atoms with van der Waals surface area (Å²) < 4.78 is 0. The molecule has 1 rings (SSSR count). The molecule has 0 aromatic rings. The van der Waals surface area contributed by atoms with Crippen LogP contribution >= 0.6 is 0 Å². The van der Waals surface area contributed by atoms with Gasteiger partial charge in [-0.1, -0.05) is 34.1 Å². The number of aliphatic hydroxyl groups is 1. The van der Waals surface area contributed by atoms with Crippen molar-refractivity contribution < 1.29 is 5.11 Å². The van der Waals surface area contributed by atoms with Crippen LogP contribution in [0.3, 0.4) is 0 Å². The Labute approximate surface area is 94.5 Å². The smallest absolute Gasteiger partial charge is 0.0445 e. The van der Waals surface area contributed by atoms with E-state index in [9.17, 15) is 0 Å². The monoisotopic (exact) mass is 213 g/mol. The lowest BCUT2D eigenvalue weighted by Gasteiger charge is -2.33. The van der Waals surface area contributed by atoms with Crippen molar-refractivity contribution in [3.8, 4) is 0 Å². The molecule has 2 unspecified atom stereocenters. The average molecular weight is 213 g/mol. The molecule has 2 nitrogen and oxygen atoms in total. The molecular weight excluding hydrogens is 186 g/mol. The van der Waals surface area contributed by atoms with E-state index in [0.29, 0.717) is 30.0 Å². The van der Waals surface area contributed by atoms with Crippen molar-refractivity contribution in [2.45, 2.75) is 65.5 Å². The summed E-state index contributed by atoms with van der Waals surface area (Å²) in [6.07, 6.45) is 4.84. The van der Waals surface area contributed by atoms with Gasteiger partial charge in [0.05, 0.1) is 0 Å². The van der Waals surface area contributed by atoms with E-state index in [0.717, 1.165) is 6.42 Å². The average Bonchev–Trinajstić information content (AvgIpc) is 2.45. The van der Waals surface area contributed by atoms with Gasteiger partial charge in [0, 0.05) is 18.7 Å². The van der Waals surface area contributed by atoms with Gasteiger partial charge >= 0.3 is 0 Å². The predicted octanol–water partition coefficient (Wildman–Crippen LogP) is 2.56. The molecular formula is C13H27NO. The van der Waals surface area contributed by atoms with Crippen LogP contribution in [0.15, 0.2) is 0 Å². The van der Waals surface area contributed by atoms with Crippen molar-refractivity contribution in [3.05, 3.63) is 0 Å². The molecule has 2 heteroatoms. The Morgan fingerprint density at radius 1 is 1.40 bits per heavy atom. The summed E-state index contributed by atoms with van der Waals surface area (Å²) in [4.78, 5) is 0. The summed E-state index contributed by atoms with van der Waals surface area (Å²) in [6, 6.07) is 1.11. The van der Waals surface area contributed by atoms with Gasteiger partial charge < -0.3 is 10.4 Å². The van der Waals surface area contributed by atoms with Crippen LogP contribution in [0, 0.1) is 11.3 Å². The Balaban J connectivity index is 2.50. The normalized spacial score (nSPS) is 27.2. The molecule has 0 spiro atoms. The van der Waals surface area contributed by atoms with Crippen LogP contribution in [0.5, 0.6) is 0 Å². The van der Waals surface area contributed by atoms with Crippen LogP contribution in [0.2, 0.25) is 0 Å². The third-order valence-electron chi connectivity index (χ3n) is 3.92. The summed E-state index contributed by atoms with van der Waals surface area (Å²) in [6.45, 7) is 9.47. The molecule has 0 radical (unpaired) electrons. The van der Waals surface area contributed by atoms with Crippen molar-refractivity contribution in [3.63, 3.8) is 0 Å². The Bertz CT molecular complexity index is 189. The molecule has 2 atom stereocenters. The first-order chi connectivity index (χ1) is 6.97. The standard InChI is InChI=1S/C13H27NO/c1-10(2)11(7-9-15)14-12-6-5-8-13(12,3)4/h10-12,14-15H,5-9H2,1-4H3. The highest BCUT2D eigenvalue weighted by molar-refractivity contribution is 4.92. The molecule has 0 aromatic carbocycles. The molecule has 0 amide bonds. The third-order valence-corrected chi connectivity index (χ3v) is 3.92. The van der Waals surface area contributed by atoms with Gasteiger partial charge in [0.2, 0.25) is 0 Å². The van der Waals surface area contributed by atoms with E-state index in [1.165, 1.54) is 19.3 Å². The predicted molar refractivity (Wildman–Crippen MR) is 64.9 cm³/mol. The molecule has 1 saturated carbocycles. The number of hydrogen-bond acceptors (Lipinski definition) is 2. The summed E-state index contributed by atoms with van der Waals surface area (Å²) in [7, 11) is 0. The number of nitrogens with one attached hydrogen (secondary N) is 1. The summed E-state index contributed by atoms with van der Waals surface area (Å²) >= 11 is 0. The van der Waals surface area contributed by atoms with E-state index < -0.39 is 0 Å². The Morgan fingerprint density at radius 3 is 2.47 bits per heavy atom. The fourth-order valence-corrected chi connectivity index (χ4v) is 2.64. The molecule has 90 valence electrons. The Kier molecular flexibility index (Phi) is 4.60. The number of rotatable bonds is 5. The lowest BCUT2D eigenvalue weighted by molar-refractivity contribution is 0.200. The van der Waals surface area contributed by atoms with E-state index in [1.807, 2.05) is 0 Å². The van der Waals surface area contributed by atoms with Crippen LogP contribution in [0.4, 0.5) is 0 Å². The topological polar surface area (TPSA) is 32.3 Å². The highest BCUT2D eigenvalue weighted by Gasteiger charge is 2.35. The molecule has 1 aliphatic carbocycles. The quantitative estimate of drug-likeness (QED) is 0.735. The fraction of sp³-hybridized carbons (Fsp3) is 1.00. The summed E-state index contributed by atoms with van der Waals surface area (Å²) in [5.41, 5.74) is 0.433. The second-order valence-corrected chi connectivity index (χ2v) is 5.96. The second-order valence-electron chi connectivity index (χ2n) is 5.96. The summed E-state index contributed by atoms with van der Waals surface area (Å²) in [5.74, 6) is 0.605. The van der Waals surface area contributed by atoms with Crippen molar-refractivity contribution in [1.29, 1.82) is 0 Å². The number of hydrogen-bond donors (Lipinski definition) is 2. The van der Waals surface area contributed by atoms with Gasteiger partial charge in [0.25, 0.3) is 0 Å². The molecule has 0 saturated heterocycles. The van der Waals surface area contributed by atoms with Crippen molar-refractivity contribution in [2.75, 3.05) is 6.61 Å². The van der Waals surface area contributed by atoms with Crippen molar-refractivity contribution >= 4 is 0 Å². The maximum Gasteiger partial charge on any atom is 0.0445 e. The molecule has 0 aliphatic heterocycles. The fourth-order valence-electron chi connectivity index (χ4n) is 2.64. The van der Waals surface area contributed by atoms with Gasteiger partial charge in [-0.05, 0) is 30.6 Å².